The predicted octanol–water partition coefficient (Wildman–Crippen LogP) is 2.28. The van der Waals surface area contributed by atoms with E-state index in [1.165, 1.54) is 24.3 Å². The van der Waals surface area contributed by atoms with Crippen molar-refractivity contribution in [3.63, 3.8) is 0 Å². The third-order valence-electron chi connectivity index (χ3n) is 3.85. The van der Waals surface area contributed by atoms with Crippen LogP contribution in [0.1, 0.15) is 22.3 Å². The molecule has 2 N–H and O–H groups in total. The van der Waals surface area contributed by atoms with Crippen molar-refractivity contribution >= 4 is 23.4 Å². The van der Waals surface area contributed by atoms with Gasteiger partial charge in [-0.3, -0.25) is 19.7 Å². The van der Waals surface area contributed by atoms with Crippen molar-refractivity contribution in [3.8, 4) is 0 Å². The van der Waals surface area contributed by atoms with Crippen LogP contribution in [0.4, 0.5) is 10.1 Å². The van der Waals surface area contributed by atoms with Gasteiger partial charge in [0.15, 0.2) is 0 Å². The van der Waals surface area contributed by atoms with Gasteiger partial charge in [0.25, 0.3) is 5.91 Å². The Bertz CT molecular complexity index is 802. The molecule has 3 rings (SSSR count). The molecule has 1 aliphatic heterocycles. The van der Waals surface area contributed by atoms with E-state index in [1.54, 1.807) is 24.3 Å². The van der Waals surface area contributed by atoms with Crippen molar-refractivity contribution in [3.05, 3.63) is 65.5 Å². The first-order valence-corrected chi connectivity index (χ1v) is 7.51. The van der Waals surface area contributed by atoms with Crippen LogP contribution in [-0.4, -0.2) is 17.7 Å². The summed E-state index contributed by atoms with van der Waals surface area (Å²) in [4.78, 5) is 34.8. The zero-order valence-corrected chi connectivity index (χ0v) is 12.7. The molecular formula is C18H15FN2O3. The minimum absolute atomic E-state index is 0.205. The van der Waals surface area contributed by atoms with E-state index in [1.807, 2.05) is 0 Å². The predicted molar refractivity (Wildman–Crippen MR) is 85.8 cm³/mol. The largest absolute Gasteiger partial charge is 0.322 e. The molecule has 1 fully saturated rings. The summed E-state index contributed by atoms with van der Waals surface area (Å²) in [6.07, 6.45) is 0.673. The third kappa shape index (κ3) is 3.65. The van der Waals surface area contributed by atoms with E-state index in [9.17, 15) is 18.8 Å². The average Bonchev–Trinajstić information content (AvgIpc) is 2.87. The normalized spacial score (nSPS) is 16.8. The molecule has 0 radical (unpaired) electrons. The number of benzene rings is 2. The van der Waals surface area contributed by atoms with Crippen LogP contribution in [0.15, 0.2) is 48.5 Å². The molecule has 1 atom stereocenters. The third-order valence-corrected chi connectivity index (χ3v) is 3.85. The number of halogens is 1. The Morgan fingerprint density at radius 2 is 1.92 bits per heavy atom. The van der Waals surface area contributed by atoms with Crippen LogP contribution in [-0.2, 0) is 16.0 Å². The second-order valence-electron chi connectivity index (χ2n) is 5.68. The summed E-state index contributed by atoms with van der Waals surface area (Å²) >= 11 is 0. The van der Waals surface area contributed by atoms with Crippen LogP contribution in [0, 0.1) is 11.7 Å². The zero-order valence-electron chi connectivity index (χ0n) is 12.7. The number of amides is 3. The van der Waals surface area contributed by atoms with E-state index in [4.69, 9.17) is 0 Å². The lowest BCUT2D eigenvalue weighted by Gasteiger charge is -2.08. The lowest BCUT2D eigenvalue weighted by molar-refractivity contribution is -0.125. The highest BCUT2D eigenvalue weighted by Crippen LogP contribution is 2.19. The van der Waals surface area contributed by atoms with E-state index in [-0.39, 0.29) is 29.7 Å². The molecule has 0 bridgehead atoms. The standard InChI is InChI=1S/C18H15FN2O3/c19-14-3-1-2-12(9-14)17(23)20-15-6-4-11(5-7-15)8-13-10-16(22)21-18(13)24/h1-7,9,13H,8,10H2,(H,20,23)(H,21,22,24)/t13-/m1/s1. The summed E-state index contributed by atoms with van der Waals surface area (Å²) in [5, 5.41) is 4.96. The van der Waals surface area contributed by atoms with Crippen LogP contribution < -0.4 is 10.6 Å². The van der Waals surface area contributed by atoms with Gasteiger partial charge in [-0.05, 0) is 42.3 Å². The quantitative estimate of drug-likeness (QED) is 0.847. The molecule has 0 aliphatic carbocycles. The first-order valence-electron chi connectivity index (χ1n) is 7.51. The number of nitrogens with one attached hydrogen (secondary N) is 2. The molecule has 1 aliphatic rings. The molecule has 1 saturated heterocycles. The minimum Gasteiger partial charge on any atom is -0.322 e. The van der Waals surface area contributed by atoms with Gasteiger partial charge in [-0.25, -0.2) is 4.39 Å². The number of carbonyl (C=O) groups is 3. The van der Waals surface area contributed by atoms with Gasteiger partial charge in [-0.15, -0.1) is 0 Å². The number of rotatable bonds is 4. The molecule has 0 unspecified atom stereocenters. The second kappa shape index (κ2) is 6.62. The van der Waals surface area contributed by atoms with Gasteiger partial charge in [0.05, 0.1) is 5.92 Å². The first kappa shape index (κ1) is 15.9. The molecule has 3 amide bonds. The van der Waals surface area contributed by atoms with Crippen LogP contribution in [0.2, 0.25) is 0 Å². The monoisotopic (exact) mass is 326 g/mol. The zero-order chi connectivity index (χ0) is 17.1. The van der Waals surface area contributed by atoms with Gasteiger partial charge >= 0.3 is 0 Å². The summed E-state index contributed by atoms with van der Waals surface area (Å²) in [6, 6.07) is 12.4. The van der Waals surface area contributed by atoms with Crippen molar-refractivity contribution in [1.82, 2.24) is 5.32 Å². The van der Waals surface area contributed by atoms with Gasteiger partial charge in [0, 0.05) is 17.7 Å². The summed E-state index contributed by atoms with van der Waals surface area (Å²) < 4.78 is 13.1. The Hall–Kier alpha value is -3.02. The van der Waals surface area contributed by atoms with Gasteiger partial charge in [0.1, 0.15) is 5.82 Å². The molecule has 0 aromatic heterocycles. The van der Waals surface area contributed by atoms with E-state index in [0.717, 1.165) is 5.56 Å². The first-order chi connectivity index (χ1) is 11.5. The maximum absolute atomic E-state index is 13.1. The molecule has 0 saturated carbocycles. The molecule has 5 nitrogen and oxygen atoms in total. The number of imide groups is 1. The molecule has 2 aromatic rings. The van der Waals surface area contributed by atoms with Gasteiger partial charge in [-0.1, -0.05) is 18.2 Å². The summed E-state index contributed by atoms with van der Waals surface area (Å²) in [5.74, 6) is -1.71. The van der Waals surface area contributed by atoms with Crippen molar-refractivity contribution < 1.29 is 18.8 Å². The minimum atomic E-state index is -0.470. The van der Waals surface area contributed by atoms with Crippen molar-refractivity contribution in [1.29, 1.82) is 0 Å². The van der Waals surface area contributed by atoms with Crippen LogP contribution in [0.3, 0.4) is 0 Å². The summed E-state index contributed by atoms with van der Waals surface area (Å²) in [6.45, 7) is 0. The highest BCUT2D eigenvalue weighted by atomic mass is 19.1. The van der Waals surface area contributed by atoms with Crippen LogP contribution >= 0.6 is 0 Å². The van der Waals surface area contributed by atoms with Crippen LogP contribution in [0.25, 0.3) is 0 Å². The molecule has 1 heterocycles. The van der Waals surface area contributed by atoms with Crippen molar-refractivity contribution in [2.75, 3.05) is 5.32 Å². The van der Waals surface area contributed by atoms with E-state index < -0.39 is 11.7 Å². The summed E-state index contributed by atoms with van der Waals surface area (Å²) in [5.41, 5.74) is 1.70. The fourth-order valence-corrected chi connectivity index (χ4v) is 2.61. The number of anilines is 1. The summed E-state index contributed by atoms with van der Waals surface area (Å²) in [7, 11) is 0. The van der Waals surface area contributed by atoms with Crippen molar-refractivity contribution in [2.45, 2.75) is 12.8 Å². The fraction of sp³-hybridized carbons (Fsp3) is 0.167. The Balaban J connectivity index is 1.63. The maximum Gasteiger partial charge on any atom is 0.255 e. The maximum atomic E-state index is 13.1. The molecule has 122 valence electrons. The Morgan fingerprint density at radius 3 is 2.54 bits per heavy atom. The van der Waals surface area contributed by atoms with Crippen molar-refractivity contribution in [2.24, 2.45) is 5.92 Å². The fourth-order valence-electron chi connectivity index (χ4n) is 2.61. The second-order valence-corrected chi connectivity index (χ2v) is 5.68. The number of hydrogen-bond acceptors (Lipinski definition) is 3. The number of hydrogen-bond donors (Lipinski definition) is 2. The molecule has 24 heavy (non-hydrogen) atoms. The van der Waals surface area contributed by atoms with Gasteiger partial charge in [0.2, 0.25) is 11.8 Å². The molecule has 6 heteroatoms. The smallest absolute Gasteiger partial charge is 0.255 e. The van der Waals surface area contributed by atoms with Gasteiger partial charge in [-0.2, -0.15) is 0 Å². The Kier molecular flexibility index (Phi) is 4.37. The highest BCUT2D eigenvalue weighted by Gasteiger charge is 2.30. The highest BCUT2D eigenvalue weighted by molar-refractivity contribution is 6.04. The lowest BCUT2D eigenvalue weighted by Crippen LogP contribution is -2.22. The Morgan fingerprint density at radius 1 is 1.17 bits per heavy atom. The van der Waals surface area contributed by atoms with E-state index >= 15 is 0 Å². The average molecular weight is 326 g/mol. The van der Waals surface area contributed by atoms with Gasteiger partial charge < -0.3 is 5.32 Å². The van der Waals surface area contributed by atoms with E-state index in [0.29, 0.717) is 12.1 Å². The lowest BCUT2D eigenvalue weighted by atomic mass is 9.98. The molecule has 0 spiro atoms. The SMILES string of the molecule is O=C1C[C@@H](Cc2ccc(NC(=O)c3cccc(F)c3)cc2)C(=O)N1. The van der Waals surface area contributed by atoms with Crippen LogP contribution in [0.5, 0.6) is 0 Å². The molecule has 2 aromatic carbocycles. The molecular weight excluding hydrogens is 311 g/mol. The van der Waals surface area contributed by atoms with E-state index in [2.05, 4.69) is 10.6 Å². The Labute approximate surface area is 137 Å². The number of carbonyl (C=O) groups excluding carboxylic acids is 3. The topological polar surface area (TPSA) is 75.3 Å².